The number of aromatic amines is 1. The molecule has 1 aromatic heterocycles. The van der Waals surface area contributed by atoms with Gasteiger partial charge in [-0.2, -0.15) is 8.42 Å². The number of H-pyrrole nitrogens is 1. The molecular formula is C62H78N12O19S. The average Bonchev–Trinajstić information content (AvgIpc) is 1.75. The van der Waals surface area contributed by atoms with Gasteiger partial charge in [-0.3, -0.25) is 62.1 Å². The van der Waals surface area contributed by atoms with Gasteiger partial charge in [0, 0.05) is 36.4 Å². The Bertz CT molecular complexity index is 3590. The van der Waals surface area contributed by atoms with E-state index in [2.05, 4.69) is 57.0 Å². The maximum absolute atomic E-state index is 14.5. The summed E-state index contributed by atoms with van der Waals surface area (Å²) in [7, 11) is -4.97. The highest BCUT2D eigenvalue weighted by molar-refractivity contribution is 7.81. The molecule has 8 atom stereocenters. The summed E-state index contributed by atoms with van der Waals surface area (Å²) in [5.74, 6) is -13.4. The number of carbonyl (C=O) groups is 12. The topological polar surface area (TPSA) is 505 Å². The van der Waals surface area contributed by atoms with Gasteiger partial charge in [0.25, 0.3) is 0 Å². The number of hydrogen-bond acceptors (Lipinski definition) is 17. The van der Waals surface area contributed by atoms with Gasteiger partial charge in [0.15, 0.2) is 0 Å². The number of benzene rings is 4. The van der Waals surface area contributed by atoms with Crippen molar-refractivity contribution >= 4 is 92.3 Å². The van der Waals surface area contributed by atoms with Gasteiger partial charge >= 0.3 is 22.3 Å². The summed E-state index contributed by atoms with van der Waals surface area (Å²) in [5, 5.41) is 51.7. The number of primary amides is 1. The molecule has 0 saturated carbocycles. The second kappa shape index (κ2) is 36.5. The van der Waals surface area contributed by atoms with Gasteiger partial charge in [0.2, 0.25) is 59.1 Å². The van der Waals surface area contributed by atoms with Gasteiger partial charge in [-0.1, -0.05) is 112 Å². The van der Waals surface area contributed by atoms with E-state index in [4.69, 9.17) is 11.5 Å². The highest BCUT2D eigenvalue weighted by Crippen LogP contribution is 2.21. The number of carbonyl (C=O) groups excluding carboxylic acids is 10. The highest BCUT2D eigenvalue weighted by atomic mass is 32.3. The highest BCUT2D eigenvalue weighted by Gasteiger charge is 2.35. The van der Waals surface area contributed by atoms with E-state index in [1.54, 1.807) is 74.6 Å². The number of carboxylic acid groups (broad SMARTS) is 2. The van der Waals surface area contributed by atoms with Gasteiger partial charge in [-0.15, -0.1) is 0 Å². The Balaban J connectivity index is 1.34. The van der Waals surface area contributed by atoms with Crippen LogP contribution >= 0.6 is 0 Å². The lowest BCUT2D eigenvalue weighted by Crippen LogP contribution is -2.59. The number of aromatic nitrogens is 1. The molecule has 10 amide bonds. The molecule has 0 aliphatic carbocycles. The third-order valence-corrected chi connectivity index (χ3v) is 14.9. The van der Waals surface area contributed by atoms with Gasteiger partial charge in [0.05, 0.1) is 32.0 Å². The maximum Gasteiger partial charge on any atom is 0.446 e. The second-order valence-electron chi connectivity index (χ2n) is 22.0. The number of aromatic hydroxyl groups is 1. The van der Waals surface area contributed by atoms with Gasteiger partial charge < -0.3 is 83.8 Å². The number of rotatable bonds is 39. The fourth-order valence-corrected chi connectivity index (χ4v) is 9.95. The SMILES string of the molecule is CCCC[C@H](NC(=O)[C@H](Cc1ccc(OS(=O)(=O)O)cc1)NC(=O)[C@H](CC(=O)O)NC(=O)CNC(=O)[C@H](N)Cc1ccc(O)cc1)C(=O)NCC(=O)N[C@@H](Cc1c[nH]c2ccccc12)C(=O)N[C@@H](CCCC)C(=O)N[C@@H](CC(=O)O)C(=O)N[C@@H](Cc1ccccc1)C(N)=O. The molecule has 0 bridgehead atoms. The van der Waals surface area contributed by atoms with E-state index in [0.29, 0.717) is 53.3 Å². The van der Waals surface area contributed by atoms with Crippen LogP contribution in [0.25, 0.3) is 10.9 Å². The van der Waals surface area contributed by atoms with Crippen LogP contribution in [-0.2, 0) is 93.6 Å². The monoisotopic (exact) mass is 1330 g/mol. The molecule has 1 heterocycles. The number of phenols is 1. The number of para-hydroxylation sites is 1. The molecule has 0 unspecified atom stereocenters. The van der Waals surface area contributed by atoms with E-state index < -0.39 is 162 Å². The van der Waals surface area contributed by atoms with E-state index >= 15 is 0 Å². The van der Waals surface area contributed by atoms with E-state index in [1.807, 2.05) is 0 Å². The normalized spacial score (nSPS) is 13.7. The van der Waals surface area contributed by atoms with Crippen molar-refractivity contribution < 1.29 is 90.0 Å². The number of nitrogens with one attached hydrogen (secondary N) is 10. The predicted octanol–water partition coefficient (Wildman–Crippen LogP) is -0.906. The van der Waals surface area contributed by atoms with Crippen molar-refractivity contribution in [1.29, 1.82) is 0 Å². The van der Waals surface area contributed by atoms with Crippen molar-refractivity contribution in [3.05, 3.63) is 132 Å². The minimum absolute atomic E-state index is 0.000825. The number of nitrogens with two attached hydrogens (primary N) is 2. The predicted molar refractivity (Wildman–Crippen MR) is 337 cm³/mol. The standard InChI is InChI=1S/C62H78N12O19S/c1-3-5-15-44(70-59(86)47(28-37-20-24-40(25-21-37)93-94(90,91)92)73-61(88)49(30-53(78)79)69-51(76)33-66-56(83)42(63)26-36-18-22-39(75)23-19-36)57(84)67-34-52(77)68-48(29-38-32-65-43-17-11-10-14-41(38)43)60(87)71-45(16-6-4-2)58(85)74-50(31-54(80)81)62(89)72-46(55(64)82)27-35-12-8-7-9-13-35/h7-14,17-25,32,42,44-50,65,75H,3-6,15-16,26-31,33-34,63H2,1-2H3,(H2,64,82)(H,66,83)(H,67,84)(H,68,77)(H,69,76)(H,70,86)(H,71,87)(H,72,89)(H,73,88)(H,74,85)(H,78,79)(H,80,81)(H,90,91,92)/t42-,44+,45+,46+,47+,48+,49+,50+/m1/s1. The zero-order valence-electron chi connectivity index (χ0n) is 51.4. The molecule has 0 aliphatic heterocycles. The van der Waals surface area contributed by atoms with Crippen LogP contribution in [-0.4, -0.2) is 166 Å². The Morgan fingerprint density at radius 3 is 1.48 bits per heavy atom. The Hall–Kier alpha value is -10.5. The number of amides is 10. The van der Waals surface area contributed by atoms with E-state index in [0.717, 1.165) is 12.1 Å². The molecule has 18 N–H and O–H groups in total. The number of carboxylic acids is 2. The first-order chi connectivity index (χ1) is 44.6. The third kappa shape index (κ3) is 25.3. The van der Waals surface area contributed by atoms with Gasteiger partial charge in [0.1, 0.15) is 53.8 Å². The van der Waals surface area contributed by atoms with Crippen molar-refractivity contribution in [1.82, 2.24) is 52.8 Å². The number of fused-ring (bicyclic) bond motifs is 1. The molecule has 5 aromatic rings. The fraction of sp³-hybridized carbons (Fsp3) is 0.387. The van der Waals surface area contributed by atoms with E-state index in [-0.39, 0.29) is 49.2 Å². The van der Waals surface area contributed by atoms with Crippen LogP contribution in [0.5, 0.6) is 11.5 Å². The number of hydrogen-bond donors (Lipinski definition) is 16. The van der Waals surface area contributed by atoms with Crippen molar-refractivity contribution in [2.24, 2.45) is 11.5 Å². The number of aliphatic carboxylic acids is 2. The minimum atomic E-state index is -4.97. The molecule has 0 spiro atoms. The smallest absolute Gasteiger partial charge is 0.446 e. The van der Waals surface area contributed by atoms with Crippen LogP contribution in [0.2, 0.25) is 0 Å². The maximum atomic E-state index is 14.5. The van der Waals surface area contributed by atoms with Crippen LogP contribution < -0.4 is 63.5 Å². The molecule has 0 fully saturated rings. The molecule has 506 valence electrons. The molecule has 94 heavy (non-hydrogen) atoms. The first kappa shape index (κ1) is 74.3. The van der Waals surface area contributed by atoms with Crippen LogP contribution in [0.15, 0.2) is 109 Å². The summed E-state index contributed by atoms with van der Waals surface area (Å²) in [6.45, 7) is 1.96. The molecule has 31 nitrogen and oxygen atoms in total. The van der Waals surface area contributed by atoms with Crippen LogP contribution in [0.3, 0.4) is 0 Å². The van der Waals surface area contributed by atoms with Gasteiger partial charge in [-0.25, -0.2) is 0 Å². The first-order valence-electron chi connectivity index (χ1n) is 29.9. The van der Waals surface area contributed by atoms with Gasteiger partial charge in [-0.05, 0) is 71.8 Å². The minimum Gasteiger partial charge on any atom is -0.508 e. The Kier molecular flexibility index (Phi) is 28.9. The summed E-state index contributed by atoms with van der Waals surface area (Å²) in [6.07, 6.45) is 0.400. The third-order valence-electron chi connectivity index (χ3n) is 14.5. The van der Waals surface area contributed by atoms with E-state index in [1.165, 1.54) is 36.4 Å². The molecular weight excluding hydrogens is 1250 g/mol. The fourth-order valence-electron chi connectivity index (χ4n) is 9.59. The lowest BCUT2D eigenvalue weighted by atomic mass is 10.0. The van der Waals surface area contributed by atoms with Crippen molar-refractivity contribution in [2.75, 3.05) is 13.1 Å². The zero-order chi connectivity index (χ0) is 69.1. The number of phenolic OH excluding ortho intramolecular Hbond substituents is 1. The lowest BCUT2D eigenvalue weighted by molar-refractivity contribution is -0.141. The molecule has 5 rings (SSSR count). The van der Waals surface area contributed by atoms with Crippen molar-refractivity contribution in [3.8, 4) is 11.5 Å². The quantitative estimate of drug-likeness (QED) is 0.0212. The molecule has 0 saturated heterocycles. The summed E-state index contributed by atoms with van der Waals surface area (Å²) in [4.78, 5) is 164. The van der Waals surface area contributed by atoms with Crippen molar-refractivity contribution in [2.45, 2.75) is 139 Å². The first-order valence-corrected chi connectivity index (χ1v) is 31.2. The molecule has 4 aromatic carbocycles. The number of unbranched alkanes of at least 4 members (excludes halogenated alkanes) is 2. The Morgan fingerprint density at radius 2 is 0.926 bits per heavy atom. The van der Waals surface area contributed by atoms with Crippen LogP contribution in [0.4, 0.5) is 0 Å². The summed E-state index contributed by atoms with van der Waals surface area (Å²) in [5.41, 5.74) is 14.2. The largest absolute Gasteiger partial charge is 0.508 e. The average molecular weight is 1330 g/mol. The lowest BCUT2D eigenvalue weighted by Gasteiger charge is -2.26. The molecule has 0 aliphatic rings. The van der Waals surface area contributed by atoms with E-state index in [9.17, 15) is 85.8 Å². The summed E-state index contributed by atoms with van der Waals surface area (Å²) < 4.78 is 36.4. The summed E-state index contributed by atoms with van der Waals surface area (Å²) in [6, 6.07) is 13.8. The molecule has 32 heteroatoms. The Labute approximate surface area is 540 Å². The molecule has 0 radical (unpaired) electrons. The summed E-state index contributed by atoms with van der Waals surface area (Å²) >= 11 is 0. The van der Waals surface area contributed by atoms with Crippen LogP contribution in [0, 0.1) is 0 Å². The van der Waals surface area contributed by atoms with Crippen molar-refractivity contribution in [3.63, 3.8) is 0 Å². The Morgan fingerprint density at radius 1 is 0.500 bits per heavy atom. The van der Waals surface area contributed by atoms with Crippen LogP contribution in [0.1, 0.15) is 87.5 Å². The zero-order valence-corrected chi connectivity index (χ0v) is 52.2. The second-order valence-corrected chi connectivity index (χ2v) is 23.0.